The number of hydrogen-bond donors (Lipinski definition) is 2. The molecule has 0 bridgehead atoms. The SMILES string of the molecule is COc1ccc(NCC(=O)NC2(C#N)CCCC2)c(C(F)(F)F)c1. The van der Waals surface area contributed by atoms with Gasteiger partial charge in [0.1, 0.15) is 11.3 Å². The monoisotopic (exact) mass is 341 g/mol. The number of ether oxygens (including phenoxy) is 1. The molecule has 0 unspecified atom stereocenters. The third-order valence-corrected chi connectivity index (χ3v) is 4.02. The summed E-state index contributed by atoms with van der Waals surface area (Å²) in [5, 5.41) is 14.3. The van der Waals surface area contributed by atoms with Crippen molar-refractivity contribution in [3.8, 4) is 11.8 Å². The van der Waals surface area contributed by atoms with Crippen LogP contribution in [0.4, 0.5) is 18.9 Å². The second kappa shape index (κ2) is 6.99. The van der Waals surface area contributed by atoms with Crippen LogP contribution in [0, 0.1) is 11.3 Å². The smallest absolute Gasteiger partial charge is 0.418 e. The summed E-state index contributed by atoms with van der Waals surface area (Å²) < 4.78 is 44.1. The van der Waals surface area contributed by atoms with E-state index >= 15 is 0 Å². The van der Waals surface area contributed by atoms with Gasteiger partial charge in [0.05, 0.1) is 25.3 Å². The van der Waals surface area contributed by atoms with Crippen LogP contribution >= 0.6 is 0 Å². The topological polar surface area (TPSA) is 74.2 Å². The van der Waals surface area contributed by atoms with Crippen molar-refractivity contribution in [2.24, 2.45) is 0 Å². The van der Waals surface area contributed by atoms with Crippen LogP contribution in [0.3, 0.4) is 0 Å². The highest BCUT2D eigenvalue weighted by atomic mass is 19.4. The van der Waals surface area contributed by atoms with Crippen molar-refractivity contribution < 1.29 is 22.7 Å². The molecule has 0 radical (unpaired) electrons. The Morgan fingerprint density at radius 2 is 2.04 bits per heavy atom. The molecule has 0 spiro atoms. The molecule has 0 aliphatic heterocycles. The van der Waals surface area contributed by atoms with Gasteiger partial charge in [-0.3, -0.25) is 4.79 Å². The molecule has 1 aromatic rings. The van der Waals surface area contributed by atoms with Gasteiger partial charge in [0.15, 0.2) is 0 Å². The summed E-state index contributed by atoms with van der Waals surface area (Å²) in [4.78, 5) is 12.0. The number of carbonyl (C=O) groups is 1. The summed E-state index contributed by atoms with van der Waals surface area (Å²) in [6, 6.07) is 5.56. The van der Waals surface area contributed by atoms with E-state index in [-0.39, 0.29) is 18.0 Å². The van der Waals surface area contributed by atoms with E-state index in [0.29, 0.717) is 12.8 Å². The van der Waals surface area contributed by atoms with Gasteiger partial charge in [-0.25, -0.2) is 0 Å². The molecule has 2 N–H and O–H groups in total. The maximum absolute atomic E-state index is 13.1. The van der Waals surface area contributed by atoms with E-state index in [0.717, 1.165) is 18.9 Å². The standard InChI is InChI=1S/C16H18F3N3O2/c1-24-11-4-5-13(12(8-11)16(17,18)19)21-9-14(23)22-15(10-20)6-2-3-7-15/h4-5,8,21H,2-3,6-7,9H2,1H3,(H,22,23). The van der Waals surface area contributed by atoms with Crippen LogP contribution in [0.5, 0.6) is 5.75 Å². The first kappa shape index (κ1) is 17.9. The third kappa shape index (κ3) is 4.10. The molecule has 24 heavy (non-hydrogen) atoms. The van der Waals surface area contributed by atoms with Crippen molar-refractivity contribution in [3.05, 3.63) is 23.8 Å². The van der Waals surface area contributed by atoms with Gasteiger partial charge in [-0.1, -0.05) is 0 Å². The lowest BCUT2D eigenvalue weighted by molar-refractivity contribution is -0.137. The molecule has 1 amide bonds. The number of rotatable bonds is 5. The highest BCUT2D eigenvalue weighted by molar-refractivity contribution is 5.82. The number of nitrogens with zero attached hydrogens (tertiary/aromatic N) is 1. The predicted octanol–water partition coefficient (Wildman–Crippen LogP) is 3.08. The largest absolute Gasteiger partial charge is 0.497 e. The number of carbonyl (C=O) groups excluding carboxylic acids is 1. The fraction of sp³-hybridized carbons (Fsp3) is 0.500. The van der Waals surface area contributed by atoms with Gasteiger partial charge in [-0.2, -0.15) is 18.4 Å². The Labute approximate surface area is 137 Å². The molecule has 1 aliphatic rings. The highest BCUT2D eigenvalue weighted by Crippen LogP contribution is 2.37. The molecular formula is C16H18F3N3O2. The second-order valence-electron chi connectivity index (χ2n) is 5.71. The van der Waals surface area contributed by atoms with E-state index in [1.165, 1.54) is 19.2 Å². The number of halogens is 3. The summed E-state index contributed by atoms with van der Waals surface area (Å²) >= 11 is 0. The van der Waals surface area contributed by atoms with Crippen LogP contribution in [0.1, 0.15) is 31.2 Å². The van der Waals surface area contributed by atoms with Crippen LogP contribution in [0.15, 0.2) is 18.2 Å². The van der Waals surface area contributed by atoms with Crippen molar-refractivity contribution in [2.45, 2.75) is 37.4 Å². The Hall–Kier alpha value is -2.43. The van der Waals surface area contributed by atoms with Crippen LogP contribution < -0.4 is 15.4 Å². The van der Waals surface area contributed by atoms with Crippen molar-refractivity contribution >= 4 is 11.6 Å². The number of methoxy groups -OCH3 is 1. The van der Waals surface area contributed by atoms with Gasteiger partial charge < -0.3 is 15.4 Å². The summed E-state index contributed by atoms with van der Waals surface area (Å²) in [5.41, 5.74) is -2.02. The van der Waals surface area contributed by atoms with Gasteiger partial charge in [-0.05, 0) is 43.9 Å². The maximum atomic E-state index is 13.1. The van der Waals surface area contributed by atoms with Gasteiger partial charge in [0, 0.05) is 5.69 Å². The lowest BCUT2D eigenvalue weighted by Crippen LogP contribution is -2.47. The van der Waals surface area contributed by atoms with Gasteiger partial charge in [0.25, 0.3) is 0 Å². The average Bonchev–Trinajstić information content (AvgIpc) is 3.01. The van der Waals surface area contributed by atoms with Gasteiger partial charge >= 0.3 is 6.18 Å². The average molecular weight is 341 g/mol. The van der Waals surface area contributed by atoms with E-state index in [4.69, 9.17) is 4.74 Å². The summed E-state index contributed by atoms with van der Waals surface area (Å²) in [5.74, 6) is -0.436. The number of amides is 1. The molecule has 2 rings (SSSR count). The maximum Gasteiger partial charge on any atom is 0.418 e. The summed E-state index contributed by atoms with van der Waals surface area (Å²) in [7, 11) is 1.28. The predicted molar refractivity (Wildman–Crippen MR) is 81.4 cm³/mol. The molecule has 8 heteroatoms. The summed E-state index contributed by atoms with van der Waals surface area (Å²) in [6.07, 6.45) is -1.76. The highest BCUT2D eigenvalue weighted by Gasteiger charge is 2.36. The van der Waals surface area contributed by atoms with E-state index in [9.17, 15) is 23.2 Å². The molecule has 1 aromatic carbocycles. The molecular weight excluding hydrogens is 323 g/mol. The third-order valence-electron chi connectivity index (χ3n) is 4.02. The molecule has 130 valence electrons. The molecule has 1 fully saturated rings. The van der Waals surface area contributed by atoms with Crippen molar-refractivity contribution in [1.29, 1.82) is 5.26 Å². The fourth-order valence-electron chi connectivity index (χ4n) is 2.77. The number of nitrogens with one attached hydrogen (secondary N) is 2. The molecule has 0 saturated heterocycles. The second-order valence-corrected chi connectivity index (χ2v) is 5.71. The Balaban J connectivity index is 2.06. The zero-order chi connectivity index (χ0) is 17.8. The molecule has 0 aromatic heterocycles. The normalized spacial score (nSPS) is 16.3. The number of anilines is 1. The van der Waals surface area contributed by atoms with Crippen molar-refractivity contribution in [3.63, 3.8) is 0 Å². The fourth-order valence-corrected chi connectivity index (χ4v) is 2.77. The Morgan fingerprint density at radius 3 is 2.58 bits per heavy atom. The van der Waals surface area contributed by atoms with Crippen molar-refractivity contribution in [2.75, 3.05) is 19.0 Å². The number of nitriles is 1. The van der Waals surface area contributed by atoms with E-state index in [2.05, 4.69) is 16.7 Å². The summed E-state index contributed by atoms with van der Waals surface area (Å²) in [6.45, 7) is -0.348. The first-order valence-corrected chi connectivity index (χ1v) is 7.51. The van der Waals surface area contributed by atoms with Gasteiger partial charge in [-0.15, -0.1) is 0 Å². The van der Waals surface area contributed by atoms with E-state index in [1.54, 1.807) is 0 Å². The van der Waals surface area contributed by atoms with Crippen LogP contribution in [-0.4, -0.2) is 25.1 Å². The molecule has 1 saturated carbocycles. The van der Waals surface area contributed by atoms with Crippen LogP contribution in [-0.2, 0) is 11.0 Å². The zero-order valence-electron chi connectivity index (χ0n) is 13.2. The van der Waals surface area contributed by atoms with E-state index < -0.39 is 23.2 Å². The first-order valence-electron chi connectivity index (χ1n) is 7.51. The van der Waals surface area contributed by atoms with Crippen LogP contribution in [0.2, 0.25) is 0 Å². The van der Waals surface area contributed by atoms with Gasteiger partial charge in [0.2, 0.25) is 5.91 Å². The minimum atomic E-state index is -4.58. The number of alkyl halides is 3. The molecule has 1 aliphatic carbocycles. The molecule has 0 heterocycles. The Morgan fingerprint density at radius 1 is 1.38 bits per heavy atom. The van der Waals surface area contributed by atoms with E-state index in [1.807, 2.05) is 0 Å². The lowest BCUT2D eigenvalue weighted by Gasteiger charge is -2.22. The number of hydrogen-bond acceptors (Lipinski definition) is 4. The quantitative estimate of drug-likeness (QED) is 0.863. The Bertz CT molecular complexity index is 647. The van der Waals surface area contributed by atoms with Crippen molar-refractivity contribution in [1.82, 2.24) is 5.32 Å². The molecule has 5 nitrogen and oxygen atoms in total. The lowest BCUT2D eigenvalue weighted by atomic mass is 10.00. The molecule has 0 atom stereocenters. The zero-order valence-corrected chi connectivity index (χ0v) is 13.2. The van der Waals surface area contributed by atoms with Crippen LogP contribution in [0.25, 0.3) is 0 Å². The first-order chi connectivity index (χ1) is 11.3. The minimum absolute atomic E-state index is 0.0757. The number of benzene rings is 1. The minimum Gasteiger partial charge on any atom is -0.497 e. The Kier molecular flexibility index (Phi) is 5.22.